The van der Waals surface area contributed by atoms with Gasteiger partial charge in [-0.1, -0.05) is 24.3 Å². The smallest absolute Gasteiger partial charge is 0.394 e. The van der Waals surface area contributed by atoms with Gasteiger partial charge in [0.15, 0.2) is 11.5 Å². The molecule has 0 spiro atoms. The zero-order valence-corrected chi connectivity index (χ0v) is 14.7. The molecule has 2 aliphatic rings. The molecule has 1 aliphatic heterocycles. The van der Waals surface area contributed by atoms with E-state index in [9.17, 15) is 9.36 Å². The van der Waals surface area contributed by atoms with Gasteiger partial charge in [0.2, 0.25) is 5.78 Å². The van der Waals surface area contributed by atoms with Gasteiger partial charge in [0.1, 0.15) is 0 Å². The first kappa shape index (κ1) is 17.2. The first-order valence-corrected chi connectivity index (χ1v) is 9.54. The predicted molar refractivity (Wildman–Crippen MR) is 86.9 cm³/mol. The Morgan fingerprint density at radius 2 is 1.71 bits per heavy atom. The third kappa shape index (κ3) is 2.58. The molecule has 0 saturated carbocycles. The molecular formula is C16H20NO6P. The normalized spacial score (nSPS) is 19.5. The van der Waals surface area contributed by atoms with Gasteiger partial charge >= 0.3 is 7.60 Å². The van der Waals surface area contributed by atoms with Crippen LogP contribution in [0.25, 0.3) is 5.76 Å². The molecule has 0 saturated heterocycles. The molecule has 1 heterocycles. The monoisotopic (exact) mass is 353 g/mol. The average Bonchev–Trinajstić information content (AvgIpc) is 3.07. The summed E-state index contributed by atoms with van der Waals surface area (Å²) in [7, 11) is -3.66. The summed E-state index contributed by atoms with van der Waals surface area (Å²) in [6, 6.07) is 7.11. The SMILES string of the molecule is CCON1C2=C(OC1P(=O)(OCC)OCC)c1ccccc1C2=O. The van der Waals surface area contributed by atoms with Crippen LogP contribution in [0, 0.1) is 0 Å². The van der Waals surface area contributed by atoms with Crippen LogP contribution in [0.1, 0.15) is 36.7 Å². The summed E-state index contributed by atoms with van der Waals surface area (Å²) in [6.45, 7) is 5.85. The highest BCUT2D eigenvalue weighted by atomic mass is 31.2. The number of Topliss-reactive ketones (excluding diaryl/α,β-unsaturated/α-hetero) is 1. The number of nitrogens with zero attached hydrogens (tertiary/aromatic N) is 1. The topological polar surface area (TPSA) is 74.3 Å². The fourth-order valence-corrected chi connectivity index (χ4v) is 4.53. The fourth-order valence-electron chi connectivity index (χ4n) is 2.81. The highest BCUT2D eigenvalue weighted by molar-refractivity contribution is 7.54. The summed E-state index contributed by atoms with van der Waals surface area (Å²) in [6.07, 6.45) is 0. The Hall–Kier alpha value is -1.66. The van der Waals surface area contributed by atoms with Crippen molar-refractivity contribution in [1.29, 1.82) is 0 Å². The van der Waals surface area contributed by atoms with E-state index < -0.39 is 13.6 Å². The molecule has 1 atom stereocenters. The Labute approximate surface area is 140 Å². The minimum absolute atomic E-state index is 0.187. The molecule has 0 radical (unpaired) electrons. The van der Waals surface area contributed by atoms with E-state index in [1.165, 1.54) is 5.06 Å². The number of hydrogen-bond donors (Lipinski definition) is 0. The molecule has 8 heteroatoms. The molecule has 0 fully saturated rings. The van der Waals surface area contributed by atoms with Gasteiger partial charge in [-0.25, -0.2) is 0 Å². The van der Waals surface area contributed by atoms with Crippen molar-refractivity contribution in [3.63, 3.8) is 0 Å². The van der Waals surface area contributed by atoms with Crippen LogP contribution in [0.2, 0.25) is 0 Å². The number of carbonyl (C=O) groups is 1. The van der Waals surface area contributed by atoms with E-state index in [0.717, 1.165) is 0 Å². The molecule has 0 N–H and O–H groups in total. The maximum absolute atomic E-state index is 13.1. The Kier molecular flexibility index (Phi) is 4.78. The molecule has 1 aromatic carbocycles. The van der Waals surface area contributed by atoms with Gasteiger partial charge in [-0.15, -0.1) is 0 Å². The van der Waals surface area contributed by atoms with Crippen LogP contribution in [-0.4, -0.2) is 36.6 Å². The van der Waals surface area contributed by atoms with Crippen LogP contribution in [0.4, 0.5) is 0 Å². The number of hydroxylamine groups is 2. The maximum Gasteiger partial charge on any atom is 0.394 e. The third-order valence-electron chi connectivity index (χ3n) is 3.65. The molecular weight excluding hydrogens is 333 g/mol. The van der Waals surface area contributed by atoms with Gasteiger partial charge in [-0.05, 0) is 20.8 Å². The number of allylic oxidation sites excluding steroid dienone is 1. The summed E-state index contributed by atoms with van der Waals surface area (Å²) >= 11 is 0. The highest BCUT2D eigenvalue weighted by Crippen LogP contribution is 2.60. The molecule has 130 valence electrons. The minimum Gasteiger partial charge on any atom is -0.453 e. The van der Waals surface area contributed by atoms with Gasteiger partial charge in [0, 0.05) is 11.1 Å². The van der Waals surface area contributed by atoms with E-state index in [2.05, 4.69) is 0 Å². The predicted octanol–water partition coefficient (Wildman–Crippen LogP) is 3.38. The number of rotatable bonds is 7. The highest BCUT2D eigenvalue weighted by Gasteiger charge is 2.54. The molecule has 7 nitrogen and oxygen atoms in total. The van der Waals surface area contributed by atoms with Crippen molar-refractivity contribution in [2.75, 3.05) is 19.8 Å². The van der Waals surface area contributed by atoms with Gasteiger partial charge in [-0.2, -0.15) is 5.06 Å². The van der Waals surface area contributed by atoms with E-state index in [1.54, 1.807) is 39.0 Å². The van der Waals surface area contributed by atoms with Crippen LogP contribution < -0.4 is 0 Å². The third-order valence-corrected chi connectivity index (χ3v) is 5.74. The van der Waals surface area contributed by atoms with E-state index in [1.807, 2.05) is 6.07 Å². The number of fused-ring (bicyclic) bond motifs is 2. The number of hydrogen-bond acceptors (Lipinski definition) is 7. The molecule has 0 bridgehead atoms. The second-order valence-electron chi connectivity index (χ2n) is 5.12. The number of ketones is 1. The lowest BCUT2D eigenvalue weighted by atomic mass is 10.1. The van der Waals surface area contributed by atoms with Gasteiger partial charge in [0.25, 0.3) is 5.97 Å². The number of ether oxygens (including phenoxy) is 1. The summed E-state index contributed by atoms with van der Waals surface area (Å²) in [5.74, 6) is -1.01. The Bertz CT molecular complexity index is 721. The van der Waals surface area contributed by atoms with Crippen LogP contribution in [0.3, 0.4) is 0 Å². The Balaban J connectivity index is 2.02. The summed E-state index contributed by atoms with van der Waals surface area (Å²) in [4.78, 5) is 18.3. The molecule has 3 rings (SSSR count). The lowest BCUT2D eigenvalue weighted by molar-refractivity contribution is -0.168. The zero-order valence-electron chi connectivity index (χ0n) is 13.9. The molecule has 24 heavy (non-hydrogen) atoms. The molecule has 0 aromatic heterocycles. The standard InChI is InChI=1S/C16H20NO6P/c1-4-20-17-13-14(18)11-9-7-8-10-12(11)15(13)23-16(17)24(19,21-5-2)22-6-3/h7-10,16H,4-6H2,1-3H3. The van der Waals surface area contributed by atoms with Crippen molar-refractivity contribution in [2.24, 2.45) is 0 Å². The minimum atomic E-state index is -3.66. The first-order chi connectivity index (χ1) is 11.6. The van der Waals surface area contributed by atoms with Gasteiger partial charge in [0.05, 0.1) is 19.8 Å². The van der Waals surface area contributed by atoms with E-state index in [4.69, 9.17) is 18.6 Å². The molecule has 1 unspecified atom stereocenters. The van der Waals surface area contributed by atoms with Crippen LogP contribution in [0.5, 0.6) is 0 Å². The number of benzene rings is 1. The average molecular weight is 353 g/mol. The summed E-state index contributed by atoms with van der Waals surface area (Å²) in [5, 5.41) is 1.24. The lowest BCUT2D eigenvalue weighted by Crippen LogP contribution is -2.35. The van der Waals surface area contributed by atoms with Crippen molar-refractivity contribution < 1.29 is 28.0 Å². The second kappa shape index (κ2) is 6.69. The van der Waals surface area contributed by atoms with E-state index in [-0.39, 0.29) is 31.3 Å². The number of carbonyl (C=O) groups excluding carboxylic acids is 1. The van der Waals surface area contributed by atoms with Crippen LogP contribution >= 0.6 is 7.60 Å². The Morgan fingerprint density at radius 1 is 1.08 bits per heavy atom. The van der Waals surface area contributed by atoms with Crippen molar-refractivity contribution in [3.8, 4) is 0 Å². The van der Waals surface area contributed by atoms with Crippen molar-refractivity contribution >= 4 is 19.1 Å². The van der Waals surface area contributed by atoms with E-state index in [0.29, 0.717) is 16.9 Å². The van der Waals surface area contributed by atoms with Crippen molar-refractivity contribution in [2.45, 2.75) is 26.7 Å². The van der Waals surface area contributed by atoms with Gasteiger partial charge in [-0.3, -0.25) is 14.2 Å². The quantitative estimate of drug-likeness (QED) is 0.696. The zero-order chi connectivity index (χ0) is 17.3. The Morgan fingerprint density at radius 3 is 2.29 bits per heavy atom. The second-order valence-corrected chi connectivity index (χ2v) is 7.15. The van der Waals surface area contributed by atoms with Gasteiger partial charge < -0.3 is 13.8 Å². The largest absolute Gasteiger partial charge is 0.453 e. The van der Waals surface area contributed by atoms with E-state index >= 15 is 0 Å². The summed E-state index contributed by atoms with van der Waals surface area (Å²) < 4.78 is 29.7. The van der Waals surface area contributed by atoms with Crippen LogP contribution in [-0.2, 0) is 23.2 Å². The van der Waals surface area contributed by atoms with Crippen molar-refractivity contribution in [3.05, 3.63) is 41.1 Å². The fraction of sp³-hybridized carbons (Fsp3) is 0.438. The molecule has 1 aliphatic carbocycles. The maximum atomic E-state index is 13.1. The molecule has 1 aromatic rings. The van der Waals surface area contributed by atoms with Crippen molar-refractivity contribution in [1.82, 2.24) is 5.06 Å². The lowest BCUT2D eigenvalue weighted by Gasteiger charge is -2.30. The summed E-state index contributed by atoms with van der Waals surface area (Å²) in [5.41, 5.74) is 1.43. The molecule has 0 amide bonds. The first-order valence-electron chi connectivity index (χ1n) is 7.93. The van der Waals surface area contributed by atoms with Crippen LogP contribution in [0.15, 0.2) is 30.0 Å².